The van der Waals surface area contributed by atoms with Crippen molar-refractivity contribution in [3.05, 3.63) is 71.8 Å². The van der Waals surface area contributed by atoms with Gasteiger partial charge in [-0.3, -0.25) is 0 Å². The van der Waals surface area contributed by atoms with Crippen LogP contribution in [0.3, 0.4) is 0 Å². The fourth-order valence-corrected chi connectivity index (χ4v) is 1.93. The van der Waals surface area contributed by atoms with Crippen LogP contribution in [-0.2, 0) is 11.3 Å². The molecule has 0 aromatic heterocycles. The van der Waals surface area contributed by atoms with Gasteiger partial charge in [0.25, 0.3) is 0 Å². The van der Waals surface area contributed by atoms with E-state index < -0.39 is 0 Å². The van der Waals surface area contributed by atoms with Crippen molar-refractivity contribution in [2.24, 2.45) is 0 Å². The number of benzene rings is 2. The van der Waals surface area contributed by atoms with Crippen molar-refractivity contribution in [3.63, 3.8) is 0 Å². The van der Waals surface area contributed by atoms with Gasteiger partial charge in [-0.15, -0.1) is 0 Å². The van der Waals surface area contributed by atoms with E-state index in [0.717, 1.165) is 16.1 Å². The lowest BCUT2D eigenvalue weighted by Crippen LogP contribution is -2.22. The molecule has 0 fully saturated rings. The number of hydrogen-bond acceptors (Lipinski definition) is 2. The molecule has 0 unspecified atom stereocenters. The van der Waals surface area contributed by atoms with E-state index >= 15 is 0 Å². The van der Waals surface area contributed by atoms with Crippen LogP contribution in [0, 0.1) is 11.8 Å². The Hall–Kier alpha value is -2.15. The molecule has 0 saturated carbocycles. The monoisotopic (exact) mass is 295 g/mol. The highest BCUT2D eigenvalue weighted by Gasteiger charge is 1.96. The summed E-state index contributed by atoms with van der Waals surface area (Å²) in [5.74, 6) is 5.97. The number of hydrogen-bond donors (Lipinski definition) is 1. The van der Waals surface area contributed by atoms with Gasteiger partial charge in [0, 0.05) is 5.56 Å². The molecule has 1 N–H and O–H groups in total. The predicted octanol–water partition coefficient (Wildman–Crippen LogP) is 3.17. The quantitative estimate of drug-likeness (QED) is 0.520. The van der Waals surface area contributed by atoms with Crippen molar-refractivity contribution >= 4 is 17.2 Å². The van der Waals surface area contributed by atoms with Crippen molar-refractivity contribution in [1.82, 2.24) is 5.32 Å². The van der Waals surface area contributed by atoms with Gasteiger partial charge in [0.2, 0.25) is 0 Å². The van der Waals surface area contributed by atoms with Gasteiger partial charge in [-0.1, -0.05) is 84.7 Å². The highest BCUT2D eigenvalue weighted by atomic mass is 32.1. The fraction of sp³-hybridized carbons (Fsp3) is 0.167. The molecule has 0 radical (unpaired) electrons. The normalized spacial score (nSPS) is 9.52. The maximum atomic E-state index is 5.48. The van der Waals surface area contributed by atoms with E-state index in [-0.39, 0.29) is 0 Å². The average Bonchev–Trinajstić information content (AvgIpc) is 2.55. The highest BCUT2D eigenvalue weighted by Crippen LogP contribution is 2.00. The number of ether oxygens (including phenoxy) is 1. The summed E-state index contributed by atoms with van der Waals surface area (Å²) in [6.45, 7) is 1.54. The molecule has 2 aromatic carbocycles. The summed E-state index contributed by atoms with van der Waals surface area (Å²) in [4.78, 5) is 0.718. The molecule has 0 aliphatic heterocycles. The third kappa shape index (κ3) is 5.78. The van der Waals surface area contributed by atoms with Gasteiger partial charge in [0.05, 0.1) is 13.2 Å². The molecule has 0 saturated heterocycles. The maximum Gasteiger partial charge on any atom is 0.108 e. The second kappa shape index (κ2) is 8.91. The Balaban J connectivity index is 1.62. The SMILES string of the molecule is S=C(NCC#CCOCc1ccccc1)c1ccccc1. The molecule has 2 nitrogen and oxygen atoms in total. The van der Waals surface area contributed by atoms with Crippen molar-refractivity contribution in [2.75, 3.05) is 13.2 Å². The molecule has 0 bridgehead atoms. The molecule has 0 heterocycles. The standard InChI is InChI=1S/C18H17NOS/c21-18(17-11-5-2-6-12-17)19-13-7-8-14-20-15-16-9-3-1-4-10-16/h1-6,9-12H,13-15H2,(H,19,21). The van der Waals surface area contributed by atoms with Crippen molar-refractivity contribution in [1.29, 1.82) is 0 Å². The summed E-state index contributed by atoms with van der Waals surface area (Å²) < 4.78 is 5.48. The van der Waals surface area contributed by atoms with Crippen LogP contribution in [0.1, 0.15) is 11.1 Å². The van der Waals surface area contributed by atoms with Crippen LogP contribution in [0.25, 0.3) is 0 Å². The molecule has 0 atom stereocenters. The molecular weight excluding hydrogens is 278 g/mol. The van der Waals surface area contributed by atoms with Crippen LogP contribution in [0.4, 0.5) is 0 Å². The van der Waals surface area contributed by atoms with Crippen LogP contribution >= 0.6 is 12.2 Å². The first-order valence-electron chi connectivity index (χ1n) is 6.77. The van der Waals surface area contributed by atoms with E-state index in [2.05, 4.69) is 17.2 Å². The minimum Gasteiger partial charge on any atom is -0.365 e. The third-order valence-electron chi connectivity index (χ3n) is 2.78. The summed E-state index contributed by atoms with van der Waals surface area (Å²) in [6.07, 6.45) is 0. The van der Waals surface area contributed by atoms with E-state index in [1.165, 1.54) is 0 Å². The number of nitrogens with one attached hydrogen (secondary N) is 1. The first-order chi connectivity index (χ1) is 10.4. The minimum absolute atomic E-state index is 0.425. The third-order valence-corrected chi connectivity index (χ3v) is 3.16. The van der Waals surface area contributed by atoms with Gasteiger partial charge in [0.15, 0.2) is 0 Å². The highest BCUT2D eigenvalue weighted by molar-refractivity contribution is 7.80. The minimum atomic E-state index is 0.425. The van der Waals surface area contributed by atoms with E-state index in [0.29, 0.717) is 19.8 Å². The number of rotatable bonds is 5. The number of thiocarbonyl (C=S) groups is 1. The molecular formula is C18H17NOS. The molecule has 106 valence electrons. The van der Waals surface area contributed by atoms with Crippen LogP contribution in [0.5, 0.6) is 0 Å². The lowest BCUT2D eigenvalue weighted by Gasteiger charge is -2.03. The largest absolute Gasteiger partial charge is 0.365 e. The van der Waals surface area contributed by atoms with Gasteiger partial charge < -0.3 is 10.1 Å². The Kier molecular flexibility index (Phi) is 6.47. The van der Waals surface area contributed by atoms with Crippen LogP contribution in [0.2, 0.25) is 0 Å². The molecule has 2 rings (SSSR count). The zero-order valence-electron chi connectivity index (χ0n) is 11.7. The second-order valence-corrected chi connectivity index (χ2v) is 4.79. The Bertz CT molecular complexity index is 614. The van der Waals surface area contributed by atoms with Crippen molar-refractivity contribution in [3.8, 4) is 11.8 Å². The van der Waals surface area contributed by atoms with E-state index in [9.17, 15) is 0 Å². The lowest BCUT2D eigenvalue weighted by atomic mass is 10.2. The summed E-state index contributed by atoms with van der Waals surface area (Å²) in [6, 6.07) is 19.9. The van der Waals surface area contributed by atoms with E-state index in [1.807, 2.05) is 60.7 Å². The van der Waals surface area contributed by atoms with Crippen LogP contribution < -0.4 is 5.32 Å². The van der Waals surface area contributed by atoms with Crippen molar-refractivity contribution < 1.29 is 4.74 Å². The van der Waals surface area contributed by atoms with E-state index in [1.54, 1.807) is 0 Å². The predicted molar refractivity (Wildman–Crippen MR) is 90.0 cm³/mol. The Morgan fingerprint density at radius 3 is 2.33 bits per heavy atom. The second-order valence-electron chi connectivity index (χ2n) is 4.38. The Morgan fingerprint density at radius 2 is 1.62 bits per heavy atom. The Morgan fingerprint density at radius 1 is 0.952 bits per heavy atom. The van der Waals surface area contributed by atoms with Crippen LogP contribution in [-0.4, -0.2) is 18.1 Å². The first-order valence-corrected chi connectivity index (χ1v) is 7.18. The summed E-state index contributed by atoms with van der Waals surface area (Å²) in [7, 11) is 0. The van der Waals surface area contributed by atoms with E-state index in [4.69, 9.17) is 17.0 Å². The summed E-state index contributed by atoms with van der Waals surface area (Å²) in [5, 5.41) is 3.11. The average molecular weight is 295 g/mol. The van der Waals surface area contributed by atoms with Gasteiger partial charge in [-0.25, -0.2) is 0 Å². The van der Waals surface area contributed by atoms with Gasteiger partial charge >= 0.3 is 0 Å². The van der Waals surface area contributed by atoms with Gasteiger partial charge in [-0.2, -0.15) is 0 Å². The van der Waals surface area contributed by atoms with Crippen molar-refractivity contribution in [2.45, 2.75) is 6.61 Å². The molecule has 0 spiro atoms. The lowest BCUT2D eigenvalue weighted by molar-refractivity contribution is 0.153. The Labute approximate surface area is 131 Å². The zero-order chi connectivity index (χ0) is 14.8. The summed E-state index contributed by atoms with van der Waals surface area (Å²) in [5.41, 5.74) is 2.16. The molecule has 0 aliphatic rings. The molecule has 3 heteroatoms. The maximum absolute atomic E-state index is 5.48. The topological polar surface area (TPSA) is 21.3 Å². The van der Waals surface area contributed by atoms with Gasteiger partial charge in [-0.05, 0) is 5.56 Å². The molecule has 0 aliphatic carbocycles. The first kappa shape index (κ1) is 15.2. The smallest absolute Gasteiger partial charge is 0.108 e. The fourth-order valence-electron chi connectivity index (χ4n) is 1.72. The summed E-state index contributed by atoms with van der Waals surface area (Å²) >= 11 is 5.28. The van der Waals surface area contributed by atoms with Gasteiger partial charge in [0.1, 0.15) is 11.6 Å². The van der Waals surface area contributed by atoms with Crippen LogP contribution in [0.15, 0.2) is 60.7 Å². The molecule has 21 heavy (non-hydrogen) atoms. The molecule has 0 amide bonds. The molecule has 2 aromatic rings. The zero-order valence-corrected chi connectivity index (χ0v) is 12.5.